The van der Waals surface area contributed by atoms with E-state index in [-0.39, 0.29) is 12.6 Å². The molecular formula is C19H28N4O3. The minimum Gasteiger partial charge on any atom is -0.376 e. The van der Waals surface area contributed by atoms with E-state index < -0.39 is 12.1 Å². The van der Waals surface area contributed by atoms with Crippen molar-refractivity contribution in [1.82, 2.24) is 14.7 Å². The van der Waals surface area contributed by atoms with Gasteiger partial charge in [0.05, 0.1) is 6.54 Å². The lowest BCUT2D eigenvalue weighted by Crippen LogP contribution is -2.64. The lowest BCUT2D eigenvalue weighted by atomic mass is 10.2. The Balaban J connectivity index is 1.75. The molecule has 1 amide bonds. The van der Waals surface area contributed by atoms with Crippen molar-refractivity contribution in [2.45, 2.75) is 19.5 Å². The van der Waals surface area contributed by atoms with Crippen LogP contribution in [0.25, 0.3) is 0 Å². The Hall–Kier alpha value is -2.12. The van der Waals surface area contributed by atoms with Crippen LogP contribution in [0.2, 0.25) is 0 Å². The first-order valence-corrected chi connectivity index (χ1v) is 9.32. The monoisotopic (exact) mass is 360 g/mol. The molecule has 0 aromatic heterocycles. The van der Waals surface area contributed by atoms with Crippen LogP contribution in [-0.4, -0.2) is 85.8 Å². The Kier molecular flexibility index (Phi) is 6.11. The quantitative estimate of drug-likeness (QED) is 0.601. The molecule has 0 saturated carbocycles. The van der Waals surface area contributed by atoms with Crippen LogP contribution in [0.15, 0.2) is 30.3 Å². The third-order valence-electron chi connectivity index (χ3n) is 5.16. The molecule has 1 atom stereocenters. The molecule has 1 unspecified atom stereocenters. The number of anilines is 1. The van der Waals surface area contributed by atoms with Gasteiger partial charge in [-0.2, -0.15) is 0 Å². The molecule has 0 aliphatic carbocycles. The van der Waals surface area contributed by atoms with E-state index in [2.05, 4.69) is 33.9 Å². The maximum Gasteiger partial charge on any atom is 0.418 e. The van der Waals surface area contributed by atoms with Crippen molar-refractivity contribution in [2.75, 3.05) is 57.8 Å². The molecule has 3 rings (SSSR count). The smallest absolute Gasteiger partial charge is 0.376 e. The molecule has 0 N–H and O–H groups in total. The number of esters is 1. The third-order valence-corrected chi connectivity index (χ3v) is 5.16. The molecule has 0 spiro atoms. The van der Waals surface area contributed by atoms with E-state index in [0.29, 0.717) is 13.1 Å². The molecular weight excluding hydrogens is 332 g/mol. The molecule has 2 fully saturated rings. The summed E-state index contributed by atoms with van der Waals surface area (Å²) in [7, 11) is 2.11. The molecule has 1 aromatic rings. The van der Waals surface area contributed by atoms with Gasteiger partial charge in [0, 0.05) is 51.4 Å². The second-order valence-electron chi connectivity index (χ2n) is 6.89. The Morgan fingerprint density at radius 3 is 2.38 bits per heavy atom. The van der Waals surface area contributed by atoms with Crippen molar-refractivity contribution < 1.29 is 14.3 Å². The Bertz CT molecular complexity index is 616. The average molecular weight is 360 g/mol. The lowest BCUT2D eigenvalue weighted by molar-refractivity contribution is -0.138. The molecule has 0 bridgehead atoms. The first-order valence-electron chi connectivity index (χ1n) is 9.32. The highest BCUT2D eigenvalue weighted by Crippen LogP contribution is 2.22. The van der Waals surface area contributed by atoms with Gasteiger partial charge in [-0.15, -0.1) is 0 Å². The summed E-state index contributed by atoms with van der Waals surface area (Å²) in [5.41, 5.74) is 1.16. The summed E-state index contributed by atoms with van der Waals surface area (Å²) in [5, 5.41) is 0. The normalized spacial score (nSPS) is 22.3. The molecule has 0 radical (unpaired) electrons. The first kappa shape index (κ1) is 18.7. The molecule has 7 heteroatoms. The average Bonchev–Trinajstić information content (AvgIpc) is 2.68. The van der Waals surface area contributed by atoms with Gasteiger partial charge in [0.25, 0.3) is 0 Å². The second kappa shape index (κ2) is 8.51. The predicted molar refractivity (Wildman–Crippen MR) is 100.0 cm³/mol. The number of carbonyl (C=O) groups is 2. The largest absolute Gasteiger partial charge is 0.418 e. The second-order valence-corrected chi connectivity index (χ2v) is 6.89. The van der Waals surface area contributed by atoms with Crippen LogP contribution in [0.3, 0.4) is 0 Å². The fourth-order valence-electron chi connectivity index (χ4n) is 3.51. The van der Waals surface area contributed by atoms with Gasteiger partial charge < -0.3 is 14.5 Å². The van der Waals surface area contributed by atoms with Crippen LogP contribution in [0.5, 0.6) is 0 Å². The van der Waals surface area contributed by atoms with Gasteiger partial charge in [-0.3, -0.25) is 14.6 Å². The number of amides is 1. The molecule has 7 nitrogen and oxygen atoms in total. The van der Waals surface area contributed by atoms with Crippen LogP contribution in [-0.2, 0) is 9.53 Å². The molecule has 2 saturated heterocycles. The summed E-state index contributed by atoms with van der Waals surface area (Å²) in [6, 6.07) is 10.2. The Labute approximate surface area is 155 Å². The van der Waals surface area contributed by atoms with Crippen molar-refractivity contribution in [1.29, 1.82) is 0 Å². The van der Waals surface area contributed by atoms with Crippen LogP contribution in [0, 0.1) is 0 Å². The fourth-order valence-corrected chi connectivity index (χ4v) is 3.51. The van der Waals surface area contributed by atoms with E-state index in [9.17, 15) is 9.59 Å². The highest BCUT2D eigenvalue weighted by molar-refractivity contribution is 5.84. The van der Waals surface area contributed by atoms with Crippen molar-refractivity contribution in [3.05, 3.63) is 30.3 Å². The van der Waals surface area contributed by atoms with E-state index in [4.69, 9.17) is 4.74 Å². The van der Waals surface area contributed by atoms with E-state index >= 15 is 0 Å². The number of hydrogen-bond acceptors (Lipinski definition) is 6. The van der Waals surface area contributed by atoms with Crippen LogP contribution >= 0.6 is 0 Å². The zero-order chi connectivity index (χ0) is 18.5. The van der Waals surface area contributed by atoms with Gasteiger partial charge in [-0.25, -0.2) is 4.79 Å². The number of carbonyl (C=O) groups excluding carboxylic acids is 2. The maximum absolute atomic E-state index is 12.6. The summed E-state index contributed by atoms with van der Waals surface area (Å²) >= 11 is 0. The van der Waals surface area contributed by atoms with Gasteiger partial charge in [0.1, 0.15) is 6.17 Å². The number of nitrogens with zero attached hydrogens (tertiary/aromatic N) is 4. The van der Waals surface area contributed by atoms with Crippen LogP contribution in [0.1, 0.15) is 13.3 Å². The molecule has 142 valence electrons. The van der Waals surface area contributed by atoms with Crippen molar-refractivity contribution >= 4 is 17.7 Å². The Morgan fingerprint density at radius 1 is 1.04 bits per heavy atom. The first-order chi connectivity index (χ1) is 12.6. The number of benzene rings is 1. The van der Waals surface area contributed by atoms with Crippen molar-refractivity contribution in [3.63, 3.8) is 0 Å². The van der Waals surface area contributed by atoms with E-state index in [1.807, 2.05) is 18.2 Å². The fraction of sp³-hybridized carbons (Fsp3) is 0.579. The van der Waals surface area contributed by atoms with Gasteiger partial charge in [-0.05, 0) is 19.2 Å². The van der Waals surface area contributed by atoms with Crippen molar-refractivity contribution in [2.24, 2.45) is 0 Å². The molecule has 2 heterocycles. The minimum atomic E-state index is -0.520. The number of rotatable bonds is 3. The number of ether oxygens (including phenoxy) is 1. The topological polar surface area (TPSA) is 56.3 Å². The summed E-state index contributed by atoms with van der Waals surface area (Å²) in [5.74, 6) is -0.474. The minimum absolute atomic E-state index is 0.0881. The zero-order valence-electron chi connectivity index (χ0n) is 15.6. The third kappa shape index (κ3) is 4.34. The van der Waals surface area contributed by atoms with E-state index in [1.165, 1.54) is 0 Å². The van der Waals surface area contributed by atoms with Gasteiger partial charge in [-0.1, -0.05) is 25.1 Å². The highest BCUT2D eigenvalue weighted by Gasteiger charge is 2.37. The summed E-state index contributed by atoms with van der Waals surface area (Å²) in [6.45, 7) is 7.41. The number of para-hydroxylation sites is 1. The van der Waals surface area contributed by atoms with E-state index in [0.717, 1.165) is 38.4 Å². The lowest BCUT2D eigenvalue weighted by Gasteiger charge is -2.48. The Morgan fingerprint density at radius 2 is 1.73 bits per heavy atom. The predicted octanol–water partition coefficient (Wildman–Crippen LogP) is 1.46. The SMILES string of the molecule is CCC(=O)OC(=O)N1CCN(c2ccccc2)CC1N1CCN(C)CC1. The van der Waals surface area contributed by atoms with Gasteiger partial charge in [0.15, 0.2) is 0 Å². The van der Waals surface area contributed by atoms with Gasteiger partial charge >= 0.3 is 12.1 Å². The summed E-state index contributed by atoms with van der Waals surface area (Å²) in [4.78, 5) is 32.8. The molecule has 1 aromatic carbocycles. The van der Waals surface area contributed by atoms with Crippen molar-refractivity contribution in [3.8, 4) is 0 Å². The molecule has 26 heavy (non-hydrogen) atoms. The number of likely N-dealkylation sites (N-methyl/N-ethyl adjacent to an activating group) is 1. The number of piperazine rings is 2. The zero-order valence-corrected chi connectivity index (χ0v) is 15.6. The number of hydrogen-bond donors (Lipinski definition) is 0. The highest BCUT2D eigenvalue weighted by atomic mass is 16.6. The summed E-state index contributed by atoms with van der Waals surface area (Å²) < 4.78 is 5.01. The van der Waals surface area contributed by atoms with Gasteiger partial charge in [0.2, 0.25) is 0 Å². The van der Waals surface area contributed by atoms with Crippen LogP contribution < -0.4 is 4.90 Å². The molecule has 2 aliphatic heterocycles. The standard InChI is InChI=1S/C19H28N4O3/c1-3-18(24)26-19(25)23-14-13-22(16-7-5-4-6-8-16)15-17(23)21-11-9-20(2)10-12-21/h4-8,17H,3,9-15H2,1-2H3. The molecule has 2 aliphatic rings. The van der Waals surface area contributed by atoms with E-state index in [1.54, 1.807) is 11.8 Å². The maximum atomic E-state index is 12.6. The summed E-state index contributed by atoms with van der Waals surface area (Å²) in [6.07, 6.45) is -0.405. The van der Waals surface area contributed by atoms with Crippen LogP contribution in [0.4, 0.5) is 10.5 Å².